The van der Waals surface area contributed by atoms with Gasteiger partial charge in [0.25, 0.3) is 0 Å². The van der Waals surface area contributed by atoms with Gasteiger partial charge in [-0.2, -0.15) is 0 Å². The number of rotatable bonds is 4. The summed E-state index contributed by atoms with van der Waals surface area (Å²) in [6.07, 6.45) is 0. The highest BCUT2D eigenvalue weighted by atomic mass is 28.4. The van der Waals surface area contributed by atoms with Crippen LogP contribution in [0.25, 0.3) is 0 Å². The van der Waals surface area contributed by atoms with Crippen LogP contribution in [0.1, 0.15) is 0 Å². The summed E-state index contributed by atoms with van der Waals surface area (Å²) in [6.45, 7) is 0. The fraction of sp³-hybridized carbons (Fsp3) is 1.00. The molecule has 0 spiro atoms. The minimum atomic E-state index is -2.21. The van der Waals surface area contributed by atoms with Crippen molar-refractivity contribution in [3.63, 3.8) is 0 Å². The molecule has 4 nitrogen and oxygen atoms in total. The Morgan fingerprint density at radius 3 is 1.60 bits per heavy atom. The van der Waals surface area contributed by atoms with Crippen molar-refractivity contribution < 1.29 is 8.85 Å². The number of hydrogen-bond acceptors (Lipinski definition) is 4. The molecule has 0 heterocycles. The van der Waals surface area contributed by atoms with E-state index in [4.69, 9.17) is 8.85 Å². The number of nitrogens with one attached hydrogen (secondary N) is 1. The molecule has 0 unspecified atom stereocenters. The minimum Gasteiger partial charge on any atom is -0.374 e. The van der Waals surface area contributed by atoms with E-state index in [1.54, 1.807) is 14.2 Å². The molecule has 0 rings (SSSR count). The van der Waals surface area contributed by atoms with Crippen LogP contribution < -0.4 is 4.98 Å². The fourth-order valence-corrected chi connectivity index (χ4v) is 2.63. The molecule has 0 saturated carbocycles. The standard InChI is InChI=1S/C5H16N2O2Si/c1-6-10(8-4,9-5)7(2)3/h6H,1-5H3. The highest BCUT2D eigenvalue weighted by molar-refractivity contribution is 6.61. The van der Waals surface area contributed by atoms with Gasteiger partial charge < -0.3 is 8.85 Å². The molecule has 0 aliphatic heterocycles. The lowest BCUT2D eigenvalue weighted by Gasteiger charge is -2.30. The topological polar surface area (TPSA) is 33.7 Å². The molecule has 0 bridgehead atoms. The van der Waals surface area contributed by atoms with Gasteiger partial charge in [0.05, 0.1) is 0 Å². The molecule has 0 aromatic carbocycles. The van der Waals surface area contributed by atoms with E-state index in [-0.39, 0.29) is 0 Å². The smallest absolute Gasteiger partial charge is 0.374 e. The Labute approximate surface area is 63.5 Å². The Bertz CT molecular complexity index is 87.4. The Kier molecular flexibility index (Phi) is 4.07. The predicted molar refractivity (Wildman–Crippen MR) is 42.5 cm³/mol. The first-order chi connectivity index (χ1) is 4.63. The van der Waals surface area contributed by atoms with Crippen LogP contribution in [0.4, 0.5) is 0 Å². The maximum Gasteiger partial charge on any atom is 0.518 e. The van der Waals surface area contributed by atoms with Crippen molar-refractivity contribution in [2.45, 2.75) is 0 Å². The van der Waals surface area contributed by atoms with Crippen LogP contribution in [0.2, 0.25) is 0 Å². The van der Waals surface area contributed by atoms with Crippen molar-refractivity contribution in [2.24, 2.45) is 0 Å². The highest BCUT2D eigenvalue weighted by Gasteiger charge is 2.38. The molecule has 0 saturated heterocycles. The van der Waals surface area contributed by atoms with Crippen LogP contribution in [0.3, 0.4) is 0 Å². The number of nitrogens with zero attached hydrogens (tertiary/aromatic N) is 1. The van der Waals surface area contributed by atoms with Gasteiger partial charge in [-0.15, -0.1) is 0 Å². The van der Waals surface area contributed by atoms with E-state index in [0.29, 0.717) is 0 Å². The molecule has 5 heteroatoms. The van der Waals surface area contributed by atoms with Gasteiger partial charge in [-0.1, -0.05) is 0 Å². The summed E-state index contributed by atoms with van der Waals surface area (Å²) in [6, 6.07) is 0. The second-order valence-electron chi connectivity index (χ2n) is 2.13. The lowest BCUT2D eigenvalue weighted by molar-refractivity contribution is 0.176. The van der Waals surface area contributed by atoms with Crippen LogP contribution in [0, 0.1) is 0 Å². The van der Waals surface area contributed by atoms with Crippen molar-refractivity contribution in [1.29, 1.82) is 0 Å². The van der Waals surface area contributed by atoms with Crippen LogP contribution in [-0.2, 0) is 8.85 Å². The highest BCUT2D eigenvalue weighted by Crippen LogP contribution is 2.01. The second-order valence-corrected chi connectivity index (χ2v) is 5.51. The van der Waals surface area contributed by atoms with Gasteiger partial charge in [0.15, 0.2) is 0 Å². The number of hydrogen-bond donors (Lipinski definition) is 1. The van der Waals surface area contributed by atoms with Crippen molar-refractivity contribution in [3.05, 3.63) is 0 Å². The quantitative estimate of drug-likeness (QED) is 0.568. The van der Waals surface area contributed by atoms with E-state index >= 15 is 0 Å². The van der Waals surface area contributed by atoms with E-state index in [1.807, 2.05) is 25.7 Å². The summed E-state index contributed by atoms with van der Waals surface area (Å²) >= 11 is 0. The molecular weight excluding hydrogens is 148 g/mol. The third-order valence-corrected chi connectivity index (χ3v) is 4.37. The Hall–Kier alpha value is 0.0569. The molecule has 62 valence electrons. The van der Waals surface area contributed by atoms with Crippen LogP contribution in [0.15, 0.2) is 0 Å². The van der Waals surface area contributed by atoms with Gasteiger partial charge in [0.1, 0.15) is 0 Å². The maximum atomic E-state index is 5.23. The molecule has 0 amide bonds. The van der Waals surface area contributed by atoms with Crippen molar-refractivity contribution >= 4 is 8.88 Å². The largest absolute Gasteiger partial charge is 0.518 e. The minimum absolute atomic E-state index is 1.65. The zero-order valence-electron chi connectivity index (χ0n) is 7.26. The summed E-state index contributed by atoms with van der Waals surface area (Å²) in [5, 5.41) is 0. The normalized spacial score (nSPS) is 12.6. The van der Waals surface area contributed by atoms with Gasteiger partial charge >= 0.3 is 8.88 Å². The van der Waals surface area contributed by atoms with Crippen molar-refractivity contribution in [1.82, 2.24) is 9.55 Å². The third kappa shape index (κ3) is 1.77. The van der Waals surface area contributed by atoms with Gasteiger partial charge in [-0.25, -0.2) is 0 Å². The van der Waals surface area contributed by atoms with Crippen LogP contribution in [-0.4, -0.2) is 48.8 Å². The van der Waals surface area contributed by atoms with Crippen molar-refractivity contribution in [2.75, 3.05) is 35.4 Å². The van der Waals surface area contributed by atoms with E-state index < -0.39 is 8.88 Å². The summed E-state index contributed by atoms with van der Waals surface area (Å²) < 4.78 is 12.4. The Balaban J connectivity index is 4.15. The first-order valence-corrected chi connectivity index (χ1v) is 4.86. The first kappa shape index (κ1) is 10.1. The lowest BCUT2D eigenvalue weighted by atomic mass is 11.3. The van der Waals surface area contributed by atoms with E-state index in [1.165, 1.54) is 0 Å². The summed E-state index contributed by atoms with van der Waals surface area (Å²) in [5.41, 5.74) is 0. The average Bonchev–Trinajstić information content (AvgIpc) is 1.92. The molecule has 0 fully saturated rings. The van der Waals surface area contributed by atoms with Crippen LogP contribution in [0.5, 0.6) is 0 Å². The molecule has 0 aromatic heterocycles. The second kappa shape index (κ2) is 4.04. The maximum absolute atomic E-state index is 5.23. The van der Waals surface area contributed by atoms with Gasteiger partial charge in [-0.3, -0.25) is 9.55 Å². The zero-order chi connectivity index (χ0) is 8.20. The Morgan fingerprint density at radius 1 is 1.20 bits per heavy atom. The van der Waals surface area contributed by atoms with Crippen molar-refractivity contribution in [3.8, 4) is 0 Å². The Morgan fingerprint density at radius 2 is 1.60 bits per heavy atom. The van der Waals surface area contributed by atoms with E-state index in [9.17, 15) is 0 Å². The molecule has 0 aliphatic rings. The van der Waals surface area contributed by atoms with Gasteiger partial charge in [-0.05, 0) is 21.1 Å². The lowest BCUT2D eigenvalue weighted by Crippen LogP contribution is -2.64. The molecule has 10 heavy (non-hydrogen) atoms. The fourth-order valence-electron chi connectivity index (χ4n) is 0.876. The van der Waals surface area contributed by atoms with Gasteiger partial charge in [0.2, 0.25) is 0 Å². The summed E-state index contributed by atoms with van der Waals surface area (Å²) in [5.74, 6) is 0. The molecule has 0 radical (unpaired) electrons. The molecular formula is C5H16N2O2Si. The van der Waals surface area contributed by atoms with Gasteiger partial charge in [0, 0.05) is 14.2 Å². The van der Waals surface area contributed by atoms with E-state index in [2.05, 4.69) is 4.98 Å². The monoisotopic (exact) mass is 164 g/mol. The molecule has 0 atom stereocenters. The zero-order valence-corrected chi connectivity index (χ0v) is 8.26. The first-order valence-electron chi connectivity index (χ1n) is 3.09. The predicted octanol–water partition coefficient (Wildman–Crippen LogP) is -0.504. The molecule has 0 aromatic rings. The molecule has 1 N–H and O–H groups in total. The van der Waals surface area contributed by atoms with E-state index in [0.717, 1.165) is 0 Å². The molecule has 0 aliphatic carbocycles. The third-order valence-electron chi connectivity index (χ3n) is 1.46. The average molecular weight is 164 g/mol. The summed E-state index contributed by atoms with van der Waals surface area (Å²) in [7, 11) is 6.76. The summed E-state index contributed by atoms with van der Waals surface area (Å²) in [4.78, 5) is 3.03. The van der Waals surface area contributed by atoms with Crippen LogP contribution >= 0.6 is 0 Å². The SMILES string of the molecule is CN[Si](OC)(OC)N(C)C.